The summed E-state index contributed by atoms with van der Waals surface area (Å²) in [7, 11) is -1.86. The molecule has 1 fully saturated rings. The molecule has 1 heterocycles. The molecule has 0 saturated carbocycles. The lowest BCUT2D eigenvalue weighted by Crippen LogP contribution is -2.30. The van der Waals surface area contributed by atoms with Crippen molar-refractivity contribution in [3.05, 3.63) is 78.6 Å². The standard InChI is InChI=1S/C17H17NO3S/c1-13-17(22(19,20)15-11-7-4-8-12-15)16(18(2)21-13)14-9-5-3-6-10-14/h3-12,16-17H,1H2,2H3. The molecule has 0 bridgehead atoms. The largest absolute Gasteiger partial charge is 0.409 e. The summed E-state index contributed by atoms with van der Waals surface area (Å²) in [5.74, 6) is 0.250. The molecule has 0 aromatic heterocycles. The Morgan fingerprint density at radius 1 is 1.00 bits per heavy atom. The highest BCUT2D eigenvalue weighted by Crippen LogP contribution is 2.41. The molecule has 2 atom stereocenters. The molecule has 2 aromatic carbocycles. The van der Waals surface area contributed by atoms with Crippen molar-refractivity contribution < 1.29 is 13.3 Å². The topological polar surface area (TPSA) is 46.6 Å². The number of benzene rings is 2. The van der Waals surface area contributed by atoms with E-state index in [-0.39, 0.29) is 10.7 Å². The van der Waals surface area contributed by atoms with Crippen molar-refractivity contribution >= 4 is 9.84 Å². The van der Waals surface area contributed by atoms with E-state index in [2.05, 4.69) is 6.58 Å². The number of sulfone groups is 1. The zero-order valence-corrected chi connectivity index (χ0v) is 13.0. The molecule has 1 aliphatic rings. The van der Waals surface area contributed by atoms with Gasteiger partial charge in [0.25, 0.3) is 0 Å². The van der Waals surface area contributed by atoms with E-state index in [4.69, 9.17) is 4.84 Å². The van der Waals surface area contributed by atoms with Crippen LogP contribution in [0.2, 0.25) is 0 Å². The Morgan fingerprint density at radius 2 is 1.55 bits per heavy atom. The van der Waals surface area contributed by atoms with Crippen molar-refractivity contribution in [3.63, 3.8) is 0 Å². The molecule has 4 nitrogen and oxygen atoms in total. The lowest BCUT2D eigenvalue weighted by molar-refractivity contribution is -0.0818. The number of hydrogen-bond acceptors (Lipinski definition) is 4. The smallest absolute Gasteiger partial charge is 0.190 e. The van der Waals surface area contributed by atoms with E-state index in [1.807, 2.05) is 30.3 Å². The number of hydroxylamine groups is 2. The summed E-state index contributed by atoms with van der Waals surface area (Å²) in [6.45, 7) is 3.81. The van der Waals surface area contributed by atoms with Gasteiger partial charge in [-0.1, -0.05) is 55.1 Å². The van der Waals surface area contributed by atoms with Gasteiger partial charge < -0.3 is 4.84 Å². The Balaban J connectivity index is 2.09. The minimum atomic E-state index is -3.58. The first-order valence-corrected chi connectivity index (χ1v) is 8.50. The van der Waals surface area contributed by atoms with Crippen LogP contribution in [0.15, 0.2) is 77.9 Å². The third-order valence-corrected chi connectivity index (χ3v) is 5.92. The van der Waals surface area contributed by atoms with Gasteiger partial charge in [0.15, 0.2) is 9.84 Å². The first-order valence-electron chi connectivity index (χ1n) is 6.95. The van der Waals surface area contributed by atoms with E-state index in [9.17, 15) is 8.42 Å². The Bertz CT molecular complexity index is 772. The Kier molecular flexibility index (Phi) is 3.76. The average Bonchev–Trinajstić information content (AvgIpc) is 2.84. The molecule has 1 aliphatic heterocycles. The lowest BCUT2D eigenvalue weighted by Gasteiger charge is -2.21. The quantitative estimate of drug-likeness (QED) is 0.873. The van der Waals surface area contributed by atoms with Crippen LogP contribution >= 0.6 is 0 Å². The van der Waals surface area contributed by atoms with Crippen LogP contribution in [-0.4, -0.2) is 25.8 Å². The Hall–Kier alpha value is -2.11. The highest BCUT2D eigenvalue weighted by Gasteiger charge is 2.47. The second kappa shape index (κ2) is 5.59. The average molecular weight is 315 g/mol. The molecule has 114 valence electrons. The molecule has 0 amide bonds. The first kappa shape index (κ1) is 14.8. The van der Waals surface area contributed by atoms with Crippen LogP contribution in [0, 0.1) is 0 Å². The van der Waals surface area contributed by atoms with E-state index < -0.39 is 21.1 Å². The third kappa shape index (κ3) is 2.42. The van der Waals surface area contributed by atoms with Crippen molar-refractivity contribution in [2.45, 2.75) is 16.2 Å². The monoisotopic (exact) mass is 315 g/mol. The van der Waals surface area contributed by atoms with Gasteiger partial charge in [0.05, 0.1) is 10.9 Å². The summed E-state index contributed by atoms with van der Waals surface area (Å²) < 4.78 is 26.0. The van der Waals surface area contributed by atoms with Crippen molar-refractivity contribution in [1.82, 2.24) is 5.06 Å². The fourth-order valence-electron chi connectivity index (χ4n) is 2.79. The summed E-state index contributed by atoms with van der Waals surface area (Å²) in [5.41, 5.74) is 0.883. The lowest BCUT2D eigenvalue weighted by atomic mass is 10.0. The molecule has 3 rings (SSSR count). The van der Waals surface area contributed by atoms with E-state index in [0.717, 1.165) is 5.56 Å². The number of nitrogens with zero attached hydrogens (tertiary/aromatic N) is 1. The maximum Gasteiger partial charge on any atom is 0.190 e. The fourth-order valence-corrected chi connectivity index (χ4v) is 4.68. The Morgan fingerprint density at radius 3 is 2.14 bits per heavy atom. The van der Waals surface area contributed by atoms with Gasteiger partial charge in [-0.2, -0.15) is 0 Å². The van der Waals surface area contributed by atoms with Gasteiger partial charge in [0.1, 0.15) is 11.0 Å². The van der Waals surface area contributed by atoms with Gasteiger partial charge in [0, 0.05) is 7.05 Å². The molecular formula is C17H17NO3S. The van der Waals surface area contributed by atoms with Crippen molar-refractivity contribution in [3.8, 4) is 0 Å². The SMILES string of the molecule is C=C1ON(C)C(c2ccccc2)C1S(=O)(=O)c1ccccc1. The Labute approximate surface area is 130 Å². The second-order valence-corrected chi connectivity index (χ2v) is 7.31. The maximum absolute atomic E-state index is 13.0. The highest BCUT2D eigenvalue weighted by molar-refractivity contribution is 7.92. The van der Waals surface area contributed by atoms with E-state index in [1.54, 1.807) is 42.4 Å². The molecule has 1 saturated heterocycles. The van der Waals surface area contributed by atoms with Gasteiger partial charge in [-0.25, -0.2) is 8.42 Å². The van der Waals surface area contributed by atoms with Gasteiger partial charge in [-0.15, -0.1) is 5.06 Å². The van der Waals surface area contributed by atoms with E-state index in [0.29, 0.717) is 0 Å². The first-order chi connectivity index (χ1) is 10.5. The summed E-state index contributed by atoms with van der Waals surface area (Å²) in [6, 6.07) is 17.5. The van der Waals surface area contributed by atoms with Crippen LogP contribution in [0.4, 0.5) is 0 Å². The van der Waals surface area contributed by atoms with Crippen LogP contribution in [-0.2, 0) is 14.7 Å². The zero-order valence-electron chi connectivity index (χ0n) is 12.2. The van der Waals surface area contributed by atoms with Gasteiger partial charge in [-0.3, -0.25) is 0 Å². The predicted molar refractivity (Wildman–Crippen MR) is 84.6 cm³/mol. The molecular weight excluding hydrogens is 298 g/mol. The van der Waals surface area contributed by atoms with Gasteiger partial charge >= 0.3 is 0 Å². The van der Waals surface area contributed by atoms with Crippen LogP contribution in [0.3, 0.4) is 0 Å². The summed E-state index contributed by atoms with van der Waals surface area (Å²) in [5, 5.41) is 0.727. The number of rotatable bonds is 3. The second-order valence-electron chi connectivity index (χ2n) is 5.24. The maximum atomic E-state index is 13.0. The van der Waals surface area contributed by atoms with Crippen LogP contribution in [0.5, 0.6) is 0 Å². The number of hydrogen-bond donors (Lipinski definition) is 0. The minimum absolute atomic E-state index is 0.250. The summed E-state index contributed by atoms with van der Waals surface area (Å²) in [4.78, 5) is 5.79. The fraction of sp³-hybridized carbons (Fsp3) is 0.176. The molecule has 2 aromatic rings. The predicted octanol–water partition coefficient (Wildman–Crippen LogP) is 2.96. The van der Waals surface area contributed by atoms with Crippen molar-refractivity contribution in [1.29, 1.82) is 0 Å². The highest BCUT2D eigenvalue weighted by atomic mass is 32.2. The van der Waals surface area contributed by atoms with Crippen LogP contribution < -0.4 is 0 Å². The zero-order chi connectivity index (χ0) is 15.7. The van der Waals surface area contributed by atoms with Crippen molar-refractivity contribution in [2.75, 3.05) is 7.05 Å². The van der Waals surface area contributed by atoms with Crippen LogP contribution in [0.25, 0.3) is 0 Å². The van der Waals surface area contributed by atoms with Gasteiger partial charge in [0.2, 0.25) is 0 Å². The van der Waals surface area contributed by atoms with Crippen LogP contribution in [0.1, 0.15) is 11.6 Å². The normalized spacial score (nSPS) is 22.5. The molecule has 5 heteroatoms. The summed E-state index contributed by atoms with van der Waals surface area (Å²) in [6.07, 6.45) is 0. The molecule has 0 aliphatic carbocycles. The van der Waals surface area contributed by atoms with E-state index in [1.165, 1.54) is 0 Å². The van der Waals surface area contributed by atoms with Gasteiger partial charge in [-0.05, 0) is 17.7 Å². The summed E-state index contributed by atoms with van der Waals surface area (Å²) >= 11 is 0. The van der Waals surface area contributed by atoms with Crippen molar-refractivity contribution in [2.24, 2.45) is 0 Å². The minimum Gasteiger partial charge on any atom is -0.409 e. The molecule has 22 heavy (non-hydrogen) atoms. The third-order valence-electron chi connectivity index (χ3n) is 3.80. The molecule has 0 spiro atoms. The molecule has 0 N–H and O–H groups in total. The molecule has 0 radical (unpaired) electrons. The molecule has 2 unspecified atom stereocenters. The van der Waals surface area contributed by atoms with E-state index >= 15 is 0 Å².